The maximum absolute atomic E-state index is 12.3. The molecule has 0 bridgehead atoms. The topological polar surface area (TPSA) is 66.4 Å². The number of hydrogen-bond acceptors (Lipinski definition) is 4. The van der Waals surface area contributed by atoms with Gasteiger partial charge in [-0.15, -0.1) is 22.9 Å². The Hall–Kier alpha value is -1.59. The SMILES string of the molecule is O=C(O)CNc1sc2ccccc2c1C(=O)CCCCl. The van der Waals surface area contributed by atoms with Crippen LogP contribution < -0.4 is 5.32 Å². The number of anilines is 1. The molecule has 4 nitrogen and oxygen atoms in total. The molecule has 106 valence electrons. The van der Waals surface area contributed by atoms with Crippen molar-refractivity contribution < 1.29 is 14.7 Å². The quantitative estimate of drug-likeness (QED) is 0.605. The van der Waals surface area contributed by atoms with Crippen molar-refractivity contribution in [1.29, 1.82) is 0 Å². The summed E-state index contributed by atoms with van der Waals surface area (Å²) >= 11 is 7.02. The van der Waals surface area contributed by atoms with Crippen molar-refractivity contribution >= 4 is 49.8 Å². The largest absolute Gasteiger partial charge is 0.480 e. The van der Waals surface area contributed by atoms with Crippen molar-refractivity contribution in [3.8, 4) is 0 Å². The lowest BCUT2D eigenvalue weighted by atomic mass is 10.0. The molecule has 6 heteroatoms. The number of carboxylic acid groups (broad SMARTS) is 1. The molecule has 0 saturated heterocycles. The molecule has 0 aliphatic rings. The summed E-state index contributed by atoms with van der Waals surface area (Å²) in [5.41, 5.74) is 0.581. The second kappa shape index (κ2) is 6.72. The van der Waals surface area contributed by atoms with Crippen LogP contribution in [-0.2, 0) is 4.79 Å². The molecule has 0 saturated carbocycles. The molecule has 1 heterocycles. The number of Topliss-reactive ketones (excluding diaryl/α,β-unsaturated/α-hetero) is 1. The highest BCUT2D eigenvalue weighted by atomic mass is 35.5. The number of ketones is 1. The summed E-state index contributed by atoms with van der Waals surface area (Å²) in [5.74, 6) is -0.524. The van der Waals surface area contributed by atoms with Crippen LogP contribution in [-0.4, -0.2) is 29.3 Å². The van der Waals surface area contributed by atoms with Gasteiger partial charge in [0.1, 0.15) is 11.5 Å². The van der Waals surface area contributed by atoms with Gasteiger partial charge in [-0.2, -0.15) is 0 Å². The third-order valence-corrected chi connectivity index (χ3v) is 4.21. The number of nitrogens with one attached hydrogen (secondary N) is 1. The van der Waals surface area contributed by atoms with E-state index in [0.29, 0.717) is 29.3 Å². The van der Waals surface area contributed by atoms with E-state index in [9.17, 15) is 9.59 Å². The lowest BCUT2D eigenvalue weighted by molar-refractivity contribution is -0.134. The molecule has 0 aliphatic heterocycles. The summed E-state index contributed by atoms with van der Waals surface area (Å²) in [6, 6.07) is 7.57. The van der Waals surface area contributed by atoms with E-state index in [1.807, 2.05) is 24.3 Å². The van der Waals surface area contributed by atoms with Crippen molar-refractivity contribution in [3.63, 3.8) is 0 Å². The minimum atomic E-state index is -0.957. The molecule has 0 aliphatic carbocycles. The number of carbonyl (C=O) groups excluding carboxylic acids is 1. The van der Waals surface area contributed by atoms with E-state index < -0.39 is 5.97 Å². The Morgan fingerprint density at radius 1 is 1.30 bits per heavy atom. The van der Waals surface area contributed by atoms with Gasteiger partial charge in [-0.05, 0) is 12.5 Å². The predicted octanol–water partition coefficient (Wildman–Crippen LogP) is 3.60. The fourth-order valence-corrected chi connectivity index (χ4v) is 3.21. The monoisotopic (exact) mass is 311 g/mol. The maximum atomic E-state index is 12.3. The highest BCUT2D eigenvalue weighted by Gasteiger charge is 2.18. The number of aliphatic carboxylic acids is 1. The van der Waals surface area contributed by atoms with Gasteiger partial charge in [0.25, 0.3) is 0 Å². The average Bonchev–Trinajstić information content (AvgIpc) is 2.81. The molecule has 2 rings (SSSR count). The molecule has 2 aromatic rings. The second-order valence-electron chi connectivity index (χ2n) is 4.27. The van der Waals surface area contributed by atoms with Crippen molar-refractivity contribution in [2.45, 2.75) is 12.8 Å². The number of hydrogen-bond donors (Lipinski definition) is 2. The third-order valence-electron chi connectivity index (χ3n) is 2.81. The van der Waals surface area contributed by atoms with E-state index >= 15 is 0 Å². The lowest BCUT2D eigenvalue weighted by Crippen LogP contribution is -2.13. The van der Waals surface area contributed by atoms with Crippen LogP contribution in [0.5, 0.6) is 0 Å². The Balaban J connectivity index is 2.38. The first kappa shape index (κ1) is 14.8. The number of halogens is 1. The number of rotatable bonds is 7. The minimum Gasteiger partial charge on any atom is -0.480 e. The van der Waals surface area contributed by atoms with Crippen molar-refractivity contribution in [1.82, 2.24) is 0 Å². The molecule has 1 aromatic carbocycles. The molecule has 2 N–H and O–H groups in total. The minimum absolute atomic E-state index is 0.00371. The van der Waals surface area contributed by atoms with Gasteiger partial charge in [-0.1, -0.05) is 18.2 Å². The molecule has 20 heavy (non-hydrogen) atoms. The Labute approximate surface area is 125 Å². The first-order valence-electron chi connectivity index (χ1n) is 6.20. The zero-order valence-electron chi connectivity index (χ0n) is 10.7. The number of fused-ring (bicyclic) bond motifs is 1. The average molecular weight is 312 g/mol. The number of carboxylic acids is 1. The van der Waals surface area contributed by atoms with E-state index in [-0.39, 0.29) is 12.3 Å². The van der Waals surface area contributed by atoms with E-state index in [0.717, 1.165) is 10.1 Å². The van der Waals surface area contributed by atoms with Crippen molar-refractivity contribution in [2.24, 2.45) is 0 Å². The van der Waals surface area contributed by atoms with Gasteiger partial charge in [0.15, 0.2) is 5.78 Å². The van der Waals surface area contributed by atoms with Crippen LogP contribution in [0.15, 0.2) is 24.3 Å². The molecule has 1 aromatic heterocycles. The van der Waals surface area contributed by atoms with Crippen LogP contribution in [0.25, 0.3) is 10.1 Å². The Kier molecular flexibility index (Phi) is 4.98. The molecule has 0 atom stereocenters. The third kappa shape index (κ3) is 3.29. The summed E-state index contributed by atoms with van der Waals surface area (Å²) in [5, 5.41) is 13.1. The first-order valence-corrected chi connectivity index (χ1v) is 7.55. The fourth-order valence-electron chi connectivity index (χ4n) is 1.96. The normalized spacial score (nSPS) is 10.7. The molecule has 0 unspecified atom stereocenters. The Morgan fingerprint density at radius 3 is 2.75 bits per heavy atom. The maximum Gasteiger partial charge on any atom is 0.322 e. The predicted molar refractivity (Wildman–Crippen MR) is 82.2 cm³/mol. The van der Waals surface area contributed by atoms with Gasteiger partial charge in [0, 0.05) is 22.4 Å². The summed E-state index contributed by atoms with van der Waals surface area (Å²) in [7, 11) is 0. The van der Waals surface area contributed by atoms with E-state index in [1.165, 1.54) is 11.3 Å². The van der Waals surface area contributed by atoms with Crippen LogP contribution in [0.3, 0.4) is 0 Å². The van der Waals surface area contributed by atoms with E-state index in [4.69, 9.17) is 16.7 Å². The summed E-state index contributed by atoms with van der Waals surface area (Å²) in [6.07, 6.45) is 0.981. The van der Waals surface area contributed by atoms with Crippen molar-refractivity contribution in [2.75, 3.05) is 17.7 Å². The highest BCUT2D eigenvalue weighted by molar-refractivity contribution is 7.23. The van der Waals surface area contributed by atoms with Crippen LogP contribution >= 0.6 is 22.9 Å². The number of carbonyl (C=O) groups is 2. The van der Waals surface area contributed by atoms with Crippen LogP contribution in [0.2, 0.25) is 0 Å². The number of thiophene rings is 1. The zero-order valence-corrected chi connectivity index (χ0v) is 12.3. The van der Waals surface area contributed by atoms with Crippen molar-refractivity contribution in [3.05, 3.63) is 29.8 Å². The molecule has 0 spiro atoms. The molecular formula is C14H14ClNO3S. The summed E-state index contributed by atoms with van der Waals surface area (Å²) < 4.78 is 0.967. The van der Waals surface area contributed by atoms with Gasteiger partial charge in [-0.25, -0.2) is 0 Å². The standard InChI is InChI=1S/C14H14ClNO3S/c15-7-3-5-10(17)13-9-4-1-2-6-11(9)20-14(13)16-8-12(18)19/h1-2,4,6,16H,3,5,7-8H2,(H,18,19). The number of alkyl halides is 1. The highest BCUT2D eigenvalue weighted by Crippen LogP contribution is 2.36. The number of benzene rings is 1. The Morgan fingerprint density at radius 2 is 2.05 bits per heavy atom. The van der Waals surface area contributed by atoms with Gasteiger partial charge in [-0.3, -0.25) is 9.59 Å². The first-order chi connectivity index (χ1) is 9.63. The van der Waals surface area contributed by atoms with E-state index in [2.05, 4.69) is 5.32 Å². The smallest absolute Gasteiger partial charge is 0.322 e. The summed E-state index contributed by atoms with van der Waals surface area (Å²) in [4.78, 5) is 23.0. The van der Waals surface area contributed by atoms with Gasteiger partial charge < -0.3 is 10.4 Å². The van der Waals surface area contributed by atoms with E-state index in [1.54, 1.807) is 0 Å². The zero-order chi connectivity index (χ0) is 14.5. The molecule has 0 fully saturated rings. The van der Waals surface area contributed by atoms with Crippen LogP contribution in [0.4, 0.5) is 5.00 Å². The Bertz CT molecular complexity index is 638. The second-order valence-corrected chi connectivity index (χ2v) is 5.70. The molecule has 0 amide bonds. The summed E-state index contributed by atoms with van der Waals surface area (Å²) in [6.45, 7) is -0.206. The van der Waals surface area contributed by atoms with Gasteiger partial charge in [0.2, 0.25) is 0 Å². The lowest BCUT2D eigenvalue weighted by Gasteiger charge is -2.04. The molecular weight excluding hydrogens is 298 g/mol. The van der Waals surface area contributed by atoms with Gasteiger partial charge >= 0.3 is 5.97 Å². The van der Waals surface area contributed by atoms with Crippen LogP contribution in [0.1, 0.15) is 23.2 Å². The van der Waals surface area contributed by atoms with Crippen LogP contribution in [0, 0.1) is 0 Å². The fraction of sp³-hybridized carbons (Fsp3) is 0.286. The molecule has 0 radical (unpaired) electrons. The van der Waals surface area contributed by atoms with Gasteiger partial charge in [0.05, 0.1) is 5.56 Å².